The normalized spacial score (nSPS) is 16.4. The van der Waals surface area contributed by atoms with Crippen LogP contribution in [0, 0.1) is 23.2 Å². The predicted octanol–water partition coefficient (Wildman–Crippen LogP) is 5.48. The standard InChI is InChI=1S/C15H31/c1-8-9-10-15(7,13(4)5)14(6)11-12(2)3/h12-13H,8-11H2,1-7H3. The largest absolute Gasteiger partial charge is 0.0654 e. The Morgan fingerprint density at radius 3 is 2.00 bits per heavy atom. The molecule has 0 nitrogen and oxygen atoms in total. The molecule has 0 N–H and O–H groups in total. The molecular weight excluding hydrogens is 180 g/mol. The Kier molecular flexibility index (Phi) is 6.55. The molecule has 0 spiro atoms. The average Bonchev–Trinajstić information content (AvgIpc) is 2.12. The van der Waals surface area contributed by atoms with E-state index in [2.05, 4.69) is 48.5 Å². The lowest BCUT2D eigenvalue weighted by Gasteiger charge is -2.40. The summed E-state index contributed by atoms with van der Waals surface area (Å²) in [5.41, 5.74) is 0.459. The van der Waals surface area contributed by atoms with E-state index >= 15 is 0 Å². The molecule has 0 fully saturated rings. The van der Waals surface area contributed by atoms with Crippen molar-refractivity contribution < 1.29 is 0 Å². The minimum Gasteiger partial charge on any atom is -0.0654 e. The van der Waals surface area contributed by atoms with Crippen molar-refractivity contribution in [3.8, 4) is 0 Å². The summed E-state index contributed by atoms with van der Waals surface area (Å²) in [6, 6.07) is 0. The van der Waals surface area contributed by atoms with Gasteiger partial charge in [-0.25, -0.2) is 0 Å². The van der Waals surface area contributed by atoms with Crippen LogP contribution in [-0.4, -0.2) is 0 Å². The van der Waals surface area contributed by atoms with E-state index in [1.165, 1.54) is 25.7 Å². The fourth-order valence-electron chi connectivity index (χ4n) is 2.38. The van der Waals surface area contributed by atoms with Crippen molar-refractivity contribution in [2.75, 3.05) is 0 Å². The number of unbranched alkanes of at least 4 members (excludes halogenated alkanes) is 1. The van der Waals surface area contributed by atoms with Gasteiger partial charge in [0.15, 0.2) is 0 Å². The van der Waals surface area contributed by atoms with Gasteiger partial charge < -0.3 is 0 Å². The van der Waals surface area contributed by atoms with E-state index in [4.69, 9.17) is 0 Å². The second kappa shape index (κ2) is 6.55. The summed E-state index contributed by atoms with van der Waals surface area (Å²) in [4.78, 5) is 0. The molecule has 0 saturated heterocycles. The Morgan fingerprint density at radius 2 is 1.67 bits per heavy atom. The van der Waals surface area contributed by atoms with Crippen molar-refractivity contribution in [3.63, 3.8) is 0 Å². The van der Waals surface area contributed by atoms with Crippen LogP contribution >= 0.6 is 0 Å². The first kappa shape index (κ1) is 15.0. The first-order chi connectivity index (χ1) is 6.84. The third-order valence-electron chi connectivity index (χ3n) is 4.01. The molecule has 0 aliphatic carbocycles. The van der Waals surface area contributed by atoms with E-state index in [1.807, 2.05) is 0 Å². The number of hydrogen-bond acceptors (Lipinski definition) is 0. The van der Waals surface area contributed by atoms with Gasteiger partial charge in [0.25, 0.3) is 0 Å². The van der Waals surface area contributed by atoms with Gasteiger partial charge >= 0.3 is 0 Å². The van der Waals surface area contributed by atoms with Gasteiger partial charge in [-0.3, -0.25) is 0 Å². The van der Waals surface area contributed by atoms with Crippen molar-refractivity contribution in [1.29, 1.82) is 0 Å². The summed E-state index contributed by atoms with van der Waals surface area (Å²) in [6.45, 7) is 16.5. The molecule has 0 aromatic heterocycles. The molecule has 0 aromatic carbocycles. The molecule has 0 aliphatic heterocycles. The SMILES string of the molecule is CCCCC(C)([C](C)CC(C)C)C(C)C. The monoisotopic (exact) mass is 211 g/mol. The lowest BCUT2D eigenvalue weighted by Crippen LogP contribution is -2.30. The first-order valence-corrected chi connectivity index (χ1v) is 6.67. The van der Waals surface area contributed by atoms with Crippen LogP contribution in [0.4, 0.5) is 0 Å². The molecule has 1 atom stereocenters. The van der Waals surface area contributed by atoms with Crippen LogP contribution in [0.3, 0.4) is 0 Å². The maximum atomic E-state index is 2.46. The van der Waals surface area contributed by atoms with Crippen LogP contribution in [0.1, 0.15) is 74.1 Å². The fourth-order valence-corrected chi connectivity index (χ4v) is 2.38. The van der Waals surface area contributed by atoms with Crippen molar-refractivity contribution in [1.82, 2.24) is 0 Å². The highest BCUT2D eigenvalue weighted by molar-refractivity contribution is 5.03. The Labute approximate surface area is 97.8 Å². The molecule has 0 heterocycles. The molecule has 0 aromatic rings. The van der Waals surface area contributed by atoms with Crippen molar-refractivity contribution in [2.24, 2.45) is 17.3 Å². The van der Waals surface area contributed by atoms with E-state index in [0.717, 1.165) is 11.8 Å². The highest BCUT2D eigenvalue weighted by Gasteiger charge is 2.34. The number of rotatable bonds is 7. The van der Waals surface area contributed by atoms with Gasteiger partial charge in [0.1, 0.15) is 0 Å². The van der Waals surface area contributed by atoms with E-state index < -0.39 is 0 Å². The van der Waals surface area contributed by atoms with Crippen LogP contribution < -0.4 is 0 Å². The minimum atomic E-state index is 0.459. The molecular formula is C15H31. The van der Waals surface area contributed by atoms with Gasteiger partial charge in [-0.2, -0.15) is 0 Å². The summed E-state index contributed by atoms with van der Waals surface area (Å²) in [5.74, 6) is 3.27. The van der Waals surface area contributed by atoms with Gasteiger partial charge in [0, 0.05) is 0 Å². The predicted molar refractivity (Wildman–Crippen MR) is 70.8 cm³/mol. The molecule has 0 amide bonds. The first-order valence-electron chi connectivity index (χ1n) is 6.67. The number of hydrogen-bond donors (Lipinski definition) is 0. The zero-order valence-electron chi connectivity index (χ0n) is 12.0. The second-order valence-electron chi connectivity index (χ2n) is 6.05. The van der Waals surface area contributed by atoms with E-state index in [-0.39, 0.29) is 0 Å². The topological polar surface area (TPSA) is 0 Å². The van der Waals surface area contributed by atoms with Gasteiger partial charge in [-0.05, 0) is 36.0 Å². The Bertz CT molecular complexity index is 157. The Morgan fingerprint density at radius 1 is 1.13 bits per heavy atom. The molecule has 91 valence electrons. The van der Waals surface area contributed by atoms with Crippen molar-refractivity contribution in [3.05, 3.63) is 5.92 Å². The lowest BCUT2D eigenvalue weighted by molar-refractivity contribution is 0.196. The van der Waals surface area contributed by atoms with E-state index in [9.17, 15) is 0 Å². The van der Waals surface area contributed by atoms with Gasteiger partial charge in [0.2, 0.25) is 0 Å². The van der Waals surface area contributed by atoms with E-state index in [0.29, 0.717) is 5.41 Å². The molecule has 0 aliphatic rings. The molecule has 0 bridgehead atoms. The maximum absolute atomic E-state index is 2.46. The summed E-state index contributed by atoms with van der Waals surface area (Å²) < 4.78 is 0. The third kappa shape index (κ3) is 4.57. The molecule has 0 saturated carbocycles. The summed E-state index contributed by atoms with van der Waals surface area (Å²) in [7, 11) is 0. The van der Waals surface area contributed by atoms with Gasteiger partial charge in [-0.15, -0.1) is 0 Å². The van der Waals surface area contributed by atoms with Crippen LogP contribution in [0.2, 0.25) is 0 Å². The smallest absolute Gasteiger partial charge is 0.0208 e. The zero-order valence-corrected chi connectivity index (χ0v) is 12.0. The van der Waals surface area contributed by atoms with E-state index in [1.54, 1.807) is 5.92 Å². The van der Waals surface area contributed by atoms with Gasteiger partial charge in [0.05, 0.1) is 0 Å². The molecule has 1 unspecified atom stereocenters. The van der Waals surface area contributed by atoms with Crippen LogP contribution in [0.5, 0.6) is 0 Å². The fraction of sp³-hybridized carbons (Fsp3) is 0.933. The molecule has 0 rings (SSSR count). The Hall–Kier alpha value is 0. The van der Waals surface area contributed by atoms with Crippen LogP contribution in [-0.2, 0) is 0 Å². The maximum Gasteiger partial charge on any atom is -0.0208 e. The van der Waals surface area contributed by atoms with Crippen molar-refractivity contribution in [2.45, 2.75) is 74.1 Å². The van der Waals surface area contributed by atoms with Crippen molar-refractivity contribution >= 4 is 0 Å². The molecule has 0 heteroatoms. The molecule has 1 radical (unpaired) electrons. The minimum absolute atomic E-state index is 0.459. The quantitative estimate of drug-likeness (QED) is 0.523. The average molecular weight is 211 g/mol. The zero-order chi connectivity index (χ0) is 12.1. The highest BCUT2D eigenvalue weighted by atomic mass is 14.4. The highest BCUT2D eigenvalue weighted by Crippen LogP contribution is 2.44. The molecule has 15 heavy (non-hydrogen) atoms. The Balaban J connectivity index is 4.47. The van der Waals surface area contributed by atoms with Crippen LogP contribution in [0.25, 0.3) is 0 Å². The van der Waals surface area contributed by atoms with Gasteiger partial charge in [-0.1, -0.05) is 61.3 Å². The summed E-state index contributed by atoms with van der Waals surface area (Å²) in [6.07, 6.45) is 5.33. The van der Waals surface area contributed by atoms with Crippen LogP contribution in [0.15, 0.2) is 0 Å². The summed E-state index contributed by atoms with van der Waals surface area (Å²) in [5, 5.41) is 0. The lowest BCUT2D eigenvalue weighted by atomic mass is 9.65. The second-order valence-corrected chi connectivity index (χ2v) is 6.05. The third-order valence-corrected chi connectivity index (χ3v) is 4.01. The summed E-state index contributed by atoms with van der Waals surface area (Å²) >= 11 is 0.